The Balaban J connectivity index is 1.39. The smallest absolute Gasteiger partial charge is 0.310 e. The third-order valence-corrected chi connectivity index (χ3v) is 4.22. The van der Waals surface area contributed by atoms with Gasteiger partial charge >= 0.3 is 5.97 Å². The van der Waals surface area contributed by atoms with Crippen molar-refractivity contribution in [3.8, 4) is 17.1 Å². The first-order valence-electron chi connectivity index (χ1n) is 8.68. The lowest BCUT2D eigenvalue weighted by Crippen LogP contribution is -2.08. The van der Waals surface area contributed by atoms with E-state index in [0.717, 1.165) is 27.8 Å². The van der Waals surface area contributed by atoms with Gasteiger partial charge in [0.2, 0.25) is 5.82 Å². The van der Waals surface area contributed by atoms with E-state index in [2.05, 4.69) is 15.1 Å². The fourth-order valence-electron chi connectivity index (χ4n) is 2.83. The van der Waals surface area contributed by atoms with Crippen LogP contribution in [0.1, 0.15) is 11.5 Å². The van der Waals surface area contributed by atoms with Crippen LogP contribution in [0.3, 0.4) is 0 Å². The molecule has 0 amide bonds. The number of carbonyl (C=O) groups excluding carboxylic acids is 1. The first kappa shape index (κ1) is 17.7. The molecule has 4 rings (SSSR count). The molecule has 28 heavy (non-hydrogen) atoms. The number of ether oxygens (including phenoxy) is 2. The van der Waals surface area contributed by atoms with Crippen LogP contribution in [-0.4, -0.2) is 28.2 Å². The van der Waals surface area contributed by atoms with Crippen molar-refractivity contribution in [3.05, 3.63) is 72.2 Å². The Kier molecular flexibility index (Phi) is 4.97. The van der Waals surface area contributed by atoms with Crippen LogP contribution < -0.4 is 4.74 Å². The van der Waals surface area contributed by atoms with E-state index >= 15 is 0 Å². The largest absolute Gasteiger partial charge is 0.497 e. The second kappa shape index (κ2) is 7.87. The molecule has 0 saturated heterocycles. The van der Waals surface area contributed by atoms with Crippen molar-refractivity contribution >= 4 is 16.9 Å². The number of nitrogens with zero attached hydrogens (tertiary/aromatic N) is 3. The minimum absolute atomic E-state index is 0.0832. The van der Waals surface area contributed by atoms with Gasteiger partial charge in [-0.2, -0.15) is 4.98 Å². The summed E-state index contributed by atoms with van der Waals surface area (Å²) in [4.78, 5) is 20.8. The third kappa shape index (κ3) is 3.83. The summed E-state index contributed by atoms with van der Waals surface area (Å²) in [5.41, 5.74) is 2.39. The lowest BCUT2D eigenvalue weighted by Gasteiger charge is -2.05. The van der Waals surface area contributed by atoms with Crippen LogP contribution in [0.15, 0.2) is 65.3 Å². The molecule has 2 heterocycles. The maximum Gasteiger partial charge on any atom is 0.310 e. The minimum atomic E-state index is -0.387. The molecule has 7 nitrogen and oxygen atoms in total. The number of hydrogen-bond donors (Lipinski definition) is 0. The number of pyridine rings is 1. The van der Waals surface area contributed by atoms with Gasteiger partial charge in [-0.15, -0.1) is 0 Å². The van der Waals surface area contributed by atoms with Gasteiger partial charge < -0.3 is 14.0 Å². The minimum Gasteiger partial charge on any atom is -0.497 e. The van der Waals surface area contributed by atoms with E-state index in [1.165, 1.54) is 0 Å². The van der Waals surface area contributed by atoms with Gasteiger partial charge in [-0.1, -0.05) is 29.4 Å². The monoisotopic (exact) mass is 375 g/mol. The molecule has 0 aliphatic carbocycles. The van der Waals surface area contributed by atoms with Gasteiger partial charge in [0.1, 0.15) is 5.75 Å². The van der Waals surface area contributed by atoms with Gasteiger partial charge in [0.25, 0.3) is 5.89 Å². The molecule has 0 aliphatic rings. The summed E-state index contributed by atoms with van der Waals surface area (Å²) in [6.45, 7) is -0.0832. The average molecular weight is 375 g/mol. The van der Waals surface area contributed by atoms with Crippen LogP contribution in [0.25, 0.3) is 22.3 Å². The molecule has 0 aliphatic heterocycles. The molecule has 7 heteroatoms. The predicted octanol–water partition coefficient (Wildman–Crippen LogP) is 3.58. The van der Waals surface area contributed by atoms with Gasteiger partial charge in [-0.3, -0.25) is 9.78 Å². The molecule has 4 aromatic rings. The standard InChI is InChI=1S/C21H17N3O4/c1-26-17-9-7-15(8-10-17)21-23-18(28-24-21)13-27-19(25)12-16-5-2-4-14-6-3-11-22-20(14)16/h2-11H,12-13H2,1H3. The topological polar surface area (TPSA) is 87.3 Å². The van der Waals surface area contributed by atoms with E-state index in [1.807, 2.05) is 54.6 Å². The van der Waals surface area contributed by atoms with Crippen molar-refractivity contribution in [2.45, 2.75) is 13.0 Å². The summed E-state index contributed by atoms with van der Waals surface area (Å²) < 4.78 is 15.6. The summed E-state index contributed by atoms with van der Waals surface area (Å²) in [7, 11) is 1.60. The fourth-order valence-corrected chi connectivity index (χ4v) is 2.83. The predicted molar refractivity (Wildman–Crippen MR) is 102 cm³/mol. The normalized spacial score (nSPS) is 10.8. The number of para-hydroxylation sites is 1. The van der Waals surface area contributed by atoms with E-state index < -0.39 is 0 Å². The lowest BCUT2D eigenvalue weighted by molar-refractivity contribution is -0.144. The third-order valence-electron chi connectivity index (χ3n) is 4.22. The van der Waals surface area contributed by atoms with Crippen LogP contribution in [0.4, 0.5) is 0 Å². The first-order valence-corrected chi connectivity index (χ1v) is 8.68. The maximum atomic E-state index is 12.2. The van der Waals surface area contributed by atoms with Crippen LogP contribution in [0.5, 0.6) is 5.75 Å². The van der Waals surface area contributed by atoms with Crippen molar-refractivity contribution in [1.29, 1.82) is 0 Å². The van der Waals surface area contributed by atoms with E-state index in [4.69, 9.17) is 14.0 Å². The second-order valence-electron chi connectivity index (χ2n) is 6.07. The van der Waals surface area contributed by atoms with Crippen LogP contribution in [0.2, 0.25) is 0 Å². The van der Waals surface area contributed by atoms with Crippen molar-refractivity contribution in [1.82, 2.24) is 15.1 Å². The van der Waals surface area contributed by atoms with Gasteiger partial charge in [-0.05, 0) is 35.9 Å². The number of methoxy groups -OCH3 is 1. The molecule has 0 bridgehead atoms. The highest BCUT2D eigenvalue weighted by Crippen LogP contribution is 2.20. The average Bonchev–Trinajstić information content (AvgIpc) is 3.22. The Labute approximate surface area is 160 Å². The molecular weight excluding hydrogens is 358 g/mol. The number of benzene rings is 2. The summed E-state index contributed by atoms with van der Waals surface area (Å²) in [6, 6.07) is 16.8. The first-order chi connectivity index (χ1) is 13.7. The van der Waals surface area contributed by atoms with Gasteiger partial charge in [0.05, 0.1) is 19.0 Å². The number of rotatable bonds is 6. The van der Waals surface area contributed by atoms with Gasteiger partial charge in [0.15, 0.2) is 6.61 Å². The number of fused-ring (bicyclic) bond motifs is 1. The SMILES string of the molecule is COc1ccc(-c2noc(COC(=O)Cc3cccc4cccnc34)n2)cc1. The van der Waals surface area contributed by atoms with E-state index in [9.17, 15) is 4.79 Å². The van der Waals surface area contributed by atoms with Crippen LogP contribution >= 0.6 is 0 Å². The molecule has 0 N–H and O–H groups in total. The van der Waals surface area contributed by atoms with Crippen molar-refractivity contribution in [2.75, 3.05) is 7.11 Å². The van der Waals surface area contributed by atoms with E-state index in [0.29, 0.717) is 5.82 Å². The van der Waals surface area contributed by atoms with E-state index in [-0.39, 0.29) is 24.9 Å². The van der Waals surface area contributed by atoms with Gasteiger partial charge in [-0.25, -0.2) is 0 Å². The van der Waals surface area contributed by atoms with Crippen LogP contribution in [-0.2, 0) is 22.6 Å². The molecule has 0 radical (unpaired) electrons. The highest BCUT2D eigenvalue weighted by atomic mass is 16.6. The highest BCUT2D eigenvalue weighted by molar-refractivity contribution is 5.85. The number of esters is 1. The van der Waals surface area contributed by atoms with Crippen LogP contribution in [0, 0.1) is 0 Å². The summed E-state index contributed by atoms with van der Waals surface area (Å²) >= 11 is 0. The Hall–Kier alpha value is -3.74. The maximum absolute atomic E-state index is 12.2. The number of hydrogen-bond acceptors (Lipinski definition) is 7. The molecule has 2 aromatic heterocycles. The Bertz CT molecular complexity index is 1100. The summed E-state index contributed by atoms with van der Waals surface area (Å²) in [5.74, 6) is 1.01. The number of aromatic nitrogens is 3. The molecular formula is C21H17N3O4. The molecule has 0 fully saturated rings. The van der Waals surface area contributed by atoms with Crippen molar-refractivity contribution in [2.24, 2.45) is 0 Å². The second-order valence-corrected chi connectivity index (χ2v) is 6.07. The molecule has 0 saturated carbocycles. The van der Waals surface area contributed by atoms with Crippen molar-refractivity contribution in [3.63, 3.8) is 0 Å². The zero-order valence-electron chi connectivity index (χ0n) is 15.2. The number of carbonyl (C=O) groups is 1. The summed E-state index contributed by atoms with van der Waals surface area (Å²) in [5, 5.41) is 4.90. The molecule has 140 valence electrons. The zero-order valence-corrected chi connectivity index (χ0v) is 15.2. The summed E-state index contributed by atoms with van der Waals surface area (Å²) in [6.07, 6.45) is 1.82. The van der Waals surface area contributed by atoms with Gasteiger partial charge in [0, 0.05) is 17.1 Å². The molecule has 0 atom stereocenters. The zero-order chi connectivity index (χ0) is 19.3. The molecule has 0 unspecified atom stereocenters. The lowest BCUT2D eigenvalue weighted by atomic mass is 10.1. The van der Waals surface area contributed by atoms with E-state index in [1.54, 1.807) is 13.3 Å². The Morgan fingerprint density at radius 3 is 2.71 bits per heavy atom. The quantitative estimate of drug-likeness (QED) is 0.476. The Morgan fingerprint density at radius 1 is 1.07 bits per heavy atom. The fraction of sp³-hybridized carbons (Fsp3) is 0.143. The highest BCUT2D eigenvalue weighted by Gasteiger charge is 2.13. The molecule has 2 aromatic carbocycles. The Morgan fingerprint density at radius 2 is 1.89 bits per heavy atom. The van der Waals surface area contributed by atoms with Crippen molar-refractivity contribution < 1.29 is 18.8 Å². The molecule has 0 spiro atoms.